The number of carbonyl (C=O) groups excluding carboxylic acids is 1. The van der Waals surface area contributed by atoms with Crippen molar-refractivity contribution in [2.45, 2.75) is 18.9 Å². The van der Waals surface area contributed by atoms with E-state index in [1.807, 2.05) is 17.5 Å². The number of hydrogen-bond donors (Lipinski definition) is 4. The summed E-state index contributed by atoms with van der Waals surface area (Å²) < 4.78 is 1.39. The molecule has 28 heavy (non-hydrogen) atoms. The van der Waals surface area contributed by atoms with Crippen molar-refractivity contribution in [1.82, 2.24) is 20.3 Å². The zero-order valence-corrected chi connectivity index (χ0v) is 15.4. The summed E-state index contributed by atoms with van der Waals surface area (Å²) >= 11 is 1.43. The molecule has 3 rings (SSSR count). The van der Waals surface area contributed by atoms with E-state index in [0.717, 1.165) is 4.88 Å². The molecule has 3 aromatic rings. The van der Waals surface area contributed by atoms with Crippen LogP contribution in [0.5, 0.6) is 0 Å². The molecule has 2 aromatic heterocycles. The van der Waals surface area contributed by atoms with E-state index in [-0.39, 0.29) is 24.4 Å². The maximum Gasteiger partial charge on any atom is 0.477 e. The summed E-state index contributed by atoms with van der Waals surface area (Å²) in [4.78, 5) is 24.2. The van der Waals surface area contributed by atoms with Crippen LogP contribution in [0.1, 0.15) is 15.2 Å². The minimum absolute atomic E-state index is 0.0551. The number of carboxylic acids is 1. The van der Waals surface area contributed by atoms with Gasteiger partial charge in [0.25, 0.3) is 0 Å². The van der Waals surface area contributed by atoms with Gasteiger partial charge < -0.3 is 20.5 Å². The van der Waals surface area contributed by atoms with Gasteiger partial charge in [0, 0.05) is 10.4 Å². The third-order valence-corrected chi connectivity index (χ3v) is 4.89. The largest absolute Gasteiger partial charge is 0.478 e. The molecule has 9 nitrogen and oxygen atoms in total. The number of nitrogens with zero attached hydrogens (tertiary/aromatic N) is 3. The Balaban J connectivity index is 1.76. The van der Waals surface area contributed by atoms with Gasteiger partial charge in [0.15, 0.2) is 0 Å². The van der Waals surface area contributed by atoms with Crippen molar-refractivity contribution in [3.63, 3.8) is 0 Å². The molecule has 0 bridgehead atoms. The van der Waals surface area contributed by atoms with Gasteiger partial charge in [-0.1, -0.05) is 23.4 Å². The van der Waals surface area contributed by atoms with Crippen molar-refractivity contribution < 1.29 is 24.7 Å². The Morgan fingerprint density at radius 2 is 2.07 bits per heavy atom. The number of thiophene rings is 1. The molecule has 1 aromatic carbocycles. The molecular formula is C17H17BN4O5S. The standard InChI is InChI=1S/C17H17BN4O5S/c23-16(8-13-5-2-6-28-13)20-15(18(26)27)10-22-14(9-19-21-22)11-3-1-4-12(7-11)17(24)25/h1-7,9,15,26-27H,8,10H2,(H,20,23)(H,24,25)/t15-/m0/s1. The lowest BCUT2D eigenvalue weighted by molar-refractivity contribution is -0.120. The molecule has 1 atom stereocenters. The van der Waals surface area contributed by atoms with Gasteiger partial charge in [-0.15, -0.1) is 16.4 Å². The van der Waals surface area contributed by atoms with Crippen LogP contribution in [0.25, 0.3) is 11.3 Å². The average Bonchev–Trinajstić information content (AvgIpc) is 3.33. The maximum atomic E-state index is 12.2. The highest BCUT2D eigenvalue weighted by molar-refractivity contribution is 7.10. The first-order chi connectivity index (χ1) is 13.4. The molecule has 0 radical (unpaired) electrons. The summed E-state index contributed by atoms with van der Waals surface area (Å²) in [5, 5.41) is 40.7. The van der Waals surface area contributed by atoms with Gasteiger partial charge >= 0.3 is 13.1 Å². The summed E-state index contributed by atoms with van der Waals surface area (Å²) in [7, 11) is -1.81. The molecule has 0 aliphatic heterocycles. The first-order valence-corrected chi connectivity index (χ1v) is 9.22. The molecule has 0 unspecified atom stereocenters. The van der Waals surface area contributed by atoms with E-state index in [4.69, 9.17) is 5.11 Å². The van der Waals surface area contributed by atoms with Crippen LogP contribution in [0.2, 0.25) is 0 Å². The first-order valence-electron chi connectivity index (χ1n) is 8.34. The minimum atomic E-state index is -1.81. The summed E-state index contributed by atoms with van der Waals surface area (Å²) in [6.07, 6.45) is 1.57. The van der Waals surface area contributed by atoms with Crippen molar-refractivity contribution in [2.75, 3.05) is 0 Å². The monoisotopic (exact) mass is 400 g/mol. The van der Waals surface area contributed by atoms with E-state index >= 15 is 0 Å². The molecular weight excluding hydrogens is 383 g/mol. The lowest BCUT2D eigenvalue weighted by atomic mass is 9.79. The van der Waals surface area contributed by atoms with Gasteiger partial charge in [-0.05, 0) is 23.6 Å². The maximum absolute atomic E-state index is 12.2. The van der Waals surface area contributed by atoms with E-state index in [0.29, 0.717) is 11.3 Å². The van der Waals surface area contributed by atoms with Crippen LogP contribution in [0.15, 0.2) is 48.0 Å². The Morgan fingerprint density at radius 1 is 1.25 bits per heavy atom. The lowest BCUT2D eigenvalue weighted by Crippen LogP contribution is -2.49. The number of rotatable bonds is 8. The van der Waals surface area contributed by atoms with E-state index in [9.17, 15) is 19.6 Å². The SMILES string of the molecule is O=C(Cc1cccs1)N[C@@H](Cn1nncc1-c1cccc(C(=O)O)c1)B(O)O. The van der Waals surface area contributed by atoms with E-state index < -0.39 is 19.0 Å². The first kappa shape index (κ1) is 19.7. The second-order valence-electron chi connectivity index (χ2n) is 6.03. The third kappa shape index (κ3) is 4.82. The molecule has 11 heteroatoms. The lowest BCUT2D eigenvalue weighted by Gasteiger charge is -2.18. The number of carbonyl (C=O) groups is 2. The van der Waals surface area contributed by atoms with Crippen LogP contribution in [0.3, 0.4) is 0 Å². The van der Waals surface area contributed by atoms with Crippen molar-refractivity contribution in [3.05, 3.63) is 58.4 Å². The Hall–Kier alpha value is -3.02. The normalized spacial score (nSPS) is 11.8. The summed E-state index contributed by atoms with van der Waals surface area (Å²) in [6, 6.07) is 9.87. The predicted octanol–water partition coefficient (Wildman–Crippen LogP) is 0.444. The minimum Gasteiger partial charge on any atom is -0.478 e. The summed E-state index contributed by atoms with van der Waals surface area (Å²) in [6.45, 7) is -0.0551. The number of hydrogen-bond acceptors (Lipinski definition) is 7. The van der Waals surface area contributed by atoms with Gasteiger partial charge in [0.2, 0.25) is 5.91 Å². The molecule has 0 fully saturated rings. The zero-order chi connectivity index (χ0) is 20.1. The van der Waals surface area contributed by atoms with Crippen LogP contribution in [0.4, 0.5) is 0 Å². The molecule has 144 valence electrons. The fourth-order valence-electron chi connectivity index (χ4n) is 2.66. The number of nitrogens with one attached hydrogen (secondary N) is 1. The molecule has 0 aliphatic rings. The number of amides is 1. The second-order valence-corrected chi connectivity index (χ2v) is 7.06. The van der Waals surface area contributed by atoms with Gasteiger partial charge in [-0.2, -0.15) is 0 Å². The van der Waals surface area contributed by atoms with E-state index in [1.165, 1.54) is 34.3 Å². The van der Waals surface area contributed by atoms with Crippen LogP contribution in [0, 0.1) is 0 Å². The molecule has 0 saturated heterocycles. The van der Waals surface area contributed by atoms with Crippen LogP contribution in [-0.2, 0) is 17.8 Å². The van der Waals surface area contributed by atoms with Crippen LogP contribution < -0.4 is 5.32 Å². The van der Waals surface area contributed by atoms with E-state index in [1.54, 1.807) is 12.1 Å². The Kier molecular flexibility index (Phi) is 6.19. The van der Waals surface area contributed by atoms with E-state index in [2.05, 4.69) is 15.6 Å². The van der Waals surface area contributed by atoms with Gasteiger partial charge in [-0.3, -0.25) is 4.79 Å². The number of carboxylic acid groups (broad SMARTS) is 1. The summed E-state index contributed by atoms with van der Waals surface area (Å²) in [5.41, 5.74) is 1.15. The van der Waals surface area contributed by atoms with Crippen molar-refractivity contribution in [1.29, 1.82) is 0 Å². The molecule has 0 aliphatic carbocycles. The highest BCUT2D eigenvalue weighted by atomic mass is 32.1. The number of aromatic carboxylic acids is 1. The van der Waals surface area contributed by atoms with Crippen molar-refractivity contribution in [2.24, 2.45) is 0 Å². The smallest absolute Gasteiger partial charge is 0.477 e. The van der Waals surface area contributed by atoms with Gasteiger partial charge in [0.1, 0.15) is 0 Å². The highest BCUT2D eigenvalue weighted by Crippen LogP contribution is 2.20. The number of benzene rings is 1. The summed E-state index contributed by atoms with van der Waals surface area (Å²) in [5.74, 6) is -2.43. The van der Waals surface area contributed by atoms with Crippen molar-refractivity contribution >= 4 is 30.3 Å². The van der Waals surface area contributed by atoms with Crippen LogP contribution >= 0.6 is 11.3 Å². The second kappa shape index (κ2) is 8.78. The molecule has 2 heterocycles. The fourth-order valence-corrected chi connectivity index (χ4v) is 3.36. The molecule has 0 saturated carbocycles. The Labute approximate surface area is 164 Å². The van der Waals surface area contributed by atoms with Gasteiger partial charge in [0.05, 0.1) is 36.4 Å². The van der Waals surface area contributed by atoms with Crippen molar-refractivity contribution in [3.8, 4) is 11.3 Å². The number of aromatic nitrogens is 3. The highest BCUT2D eigenvalue weighted by Gasteiger charge is 2.27. The zero-order valence-electron chi connectivity index (χ0n) is 14.6. The Morgan fingerprint density at radius 3 is 2.75 bits per heavy atom. The third-order valence-electron chi connectivity index (χ3n) is 4.01. The fraction of sp³-hybridized carbons (Fsp3) is 0.176. The van der Waals surface area contributed by atoms with Crippen LogP contribution in [-0.4, -0.2) is 55.1 Å². The quantitative estimate of drug-likeness (QED) is 0.403. The average molecular weight is 400 g/mol. The Bertz CT molecular complexity index is 960. The molecule has 0 spiro atoms. The predicted molar refractivity (Wildman–Crippen MR) is 103 cm³/mol. The van der Waals surface area contributed by atoms with Gasteiger partial charge in [-0.25, -0.2) is 9.48 Å². The molecule has 4 N–H and O–H groups in total. The molecule has 1 amide bonds. The topological polar surface area (TPSA) is 138 Å².